The number of hydrogen-bond donors (Lipinski definition) is 1. The van der Waals surface area contributed by atoms with Crippen molar-refractivity contribution >= 4 is 61.2 Å². The van der Waals surface area contributed by atoms with Crippen LogP contribution < -0.4 is 0 Å². The van der Waals surface area contributed by atoms with E-state index in [0.717, 1.165) is 16.0 Å². The van der Waals surface area contributed by atoms with Crippen LogP contribution in [-0.4, -0.2) is 47.5 Å². The molecular formula is C7H5NNaO3S2. The smallest absolute Gasteiger partial charge is 0.280 e. The minimum absolute atomic E-state index is 0. The van der Waals surface area contributed by atoms with Gasteiger partial charge in [0.2, 0.25) is 4.34 Å². The summed E-state index contributed by atoms with van der Waals surface area (Å²) in [5, 5.41) is 0. The fourth-order valence-electron chi connectivity index (χ4n) is 0.961. The number of nitrogens with zero attached hydrogens (tertiary/aromatic N) is 1. The summed E-state index contributed by atoms with van der Waals surface area (Å²) >= 11 is 0.955. The fourth-order valence-corrected chi connectivity index (χ4v) is 2.56. The number of fused-ring (bicyclic) bond motifs is 1. The van der Waals surface area contributed by atoms with E-state index in [1.807, 2.05) is 0 Å². The van der Waals surface area contributed by atoms with Gasteiger partial charge in [0.05, 0.1) is 10.2 Å². The normalized spacial score (nSPS) is 11.2. The van der Waals surface area contributed by atoms with Gasteiger partial charge in [-0.2, -0.15) is 8.42 Å². The topological polar surface area (TPSA) is 67.3 Å². The van der Waals surface area contributed by atoms with Crippen molar-refractivity contribution in [2.45, 2.75) is 4.34 Å². The van der Waals surface area contributed by atoms with Gasteiger partial charge in [-0.25, -0.2) is 4.98 Å². The van der Waals surface area contributed by atoms with E-state index in [1.165, 1.54) is 0 Å². The first-order valence-corrected chi connectivity index (χ1v) is 5.66. The second kappa shape index (κ2) is 4.26. The predicted octanol–water partition coefficient (Wildman–Crippen LogP) is 1.16. The van der Waals surface area contributed by atoms with Gasteiger partial charge >= 0.3 is 10.1 Å². The summed E-state index contributed by atoms with van der Waals surface area (Å²) in [6, 6.07) is 6.99. The van der Waals surface area contributed by atoms with E-state index < -0.39 is 10.1 Å². The molecular weight excluding hydrogens is 233 g/mol. The number of benzene rings is 1. The summed E-state index contributed by atoms with van der Waals surface area (Å²) in [4.78, 5) is 3.76. The minimum Gasteiger partial charge on any atom is -0.280 e. The summed E-state index contributed by atoms with van der Waals surface area (Å²) in [7, 11) is -4.16. The molecule has 0 saturated heterocycles. The average Bonchev–Trinajstić information content (AvgIpc) is 2.45. The van der Waals surface area contributed by atoms with Crippen LogP contribution in [0.1, 0.15) is 0 Å². The minimum atomic E-state index is -4.16. The second-order valence-corrected chi connectivity index (χ2v) is 5.05. The SMILES string of the molecule is O=S(=O)(O)c1nc2ccccc2s1.[Na]. The molecule has 1 radical (unpaired) electrons. The Kier molecular flexibility index (Phi) is 3.68. The number of para-hydroxylation sites is 1. The van der Waals surface area contributed by atoms with Gasteiger partial charge in [-0.05, 0) is 12.1 Å². The Hall–Kier alpha value is 0.0200. The van der Waals surface area contributed by atoms with Gasteiger partial charge < -0.3 is 0 Å². The molecule has 1 aromatic heterocycles. The van der Waals surface area contributed by atoms with Crippen LogP contribution >= 0.6 is 11.3 Å². The maximum atomic E-state index is 10.7. The third-order valence-corrected chi connectivity index (χ3v) is 3.74. The summed E-state index contributed by atoms with van der Waals surface area (Å²) in [5.74, 6) is 0. The predicted molar refractivity (Wildman–Crippen MR) is 55.2 cm³/mol. The van der Waals surface area contributed by atoms with Crippen LogP contribution in [0.15, 0.2) is 28.6 Å². The number of aromatic nitrogens is 1. The molecule has 0 aliphatic carbocycles. The third-order valence-electron chi connectivity index (χ3n) is 1.49. The summed E-state index contributed by atoms with van der Waals surface area (Å²) in [5.41, 5.74) is 0.583. The van der Waals surface area contributed by atoms with Crippen molar-refractivity contribution in [2.24, 2.45) is 0 Å². The summed E-state index contributed by atoms with van der Waals surface area (Å²) < 4.78 is 30.6. The molecule has 0 atom stereocenters. The fraction of sp³-hybridized carbons (Fsp3) is 0. The molecule has 1 N–H and O–H groups in total. The Bertz CT molecular complexity index is 516. The van der Waals surface area contributed by atoms with Gasteiger partial charge in [0.15, 0.2) is 0 Å². The van der Waals surface area contributed by atoms with Crippen LogP contribution in [-0.2, 0) is 10.1 Å². The molecule has 0 amide bonds. The third kappa shape index (κ3) is 2.33. The van der Waals surface area contributed by atoms with Crippen LogP contribution in [0.5, 0.6) is 0 Å². The number of hydrogen-bond acceptors (Lipinski definition) is 4. The zero-order chi connectivity index (χ0) is 9.47. The summed E-state index contributed by atoms with van der Waals surface area (Å²) in [6.07, 6.45) is 0. The largest absolute Gasteiger partial charge is 0.322 e. The van der Waals surface area contributed by atoms with Gasteiger partial charge in [-0.1, -0.05) is 12.1 Å². The molecule has 0 spiro atoms. The van der Waals surface area contributed by atoms with E-state index in [4.69, 9.17) is 4.55 Å². The monoisotopic (exact) mass is 238 g/mol. The van der Waals surface area contributed by atoms with Crippen LogP contribution in [0.25, 0.3) is 10.2 Å². The molecule has 69 valence electrons. The van der Waals surface area contributed by atoms with Crippen molar-refractivity contribution in [2.75, 3.05) is 0 Å². The quantitative estimate of drug-likeness (QED) is 0.598. The van der Waals surface area contributed by atoms with E-state index in [-0.39, 0.29) is 33.9 Å². The van der Waals surface area contributed by atoms with E-state index in [1.54, 1.807) is 24.3 Å². The van der Waals surface area contributed by atoms with Crippen LogP contribution in [0.2, 0.25) is 0 Å². The molecule has 0 bridgehead atoms. The molecule has 2 rings (SSSR count). The molecule has 0 fully saturated rings. The molecule has 1 heterocycles. The van der Waals surface area contributed by atoms with Crippen molar-refractivity contribution in [1.29, 1.82) is 0 Å². The van der Waals surface area contributed by atoms with E-state index in [2.05, 4.69) is 4.98 Å². The first-order chi connectivity index (χ1) is 6.07. The molecule has 14 heavy (non-hydrogen) atoms. The number of rotatable bonds is 1. The van der Waals surface area contributed by atoms with Gasteiger partial charge in [0.25, 0.3) is 0 Å². The summed E-state index contributed by atoms with van der Waals surface area (Å²) in [6.45, 7) is 0. The Morgan fingerprint density at radius 1 is 1.29 bits per heavy atom. The Morgan fingerprint density at radius 3 is 2.50 bits per heavy atom. The molecule has 1 aromatic carbocycles. The Labute approximate surface area is 107 Å². The van der Waals surface area contributed by atoms with Crippen LogP contribution in [0.3, 0.4) is 0 Å². The molecule has 0 saturated carbocycles. The maximum absolute atomic E-state index is 10.7. The molecule has 2 aromatic rings. The van der Waals surface area contributed by atoms with Crippen molar-refractivity contribution < 1.29 is 13.0 Å². The molecule has 4 nitrogen and oxygen atoms in total. The Balaban J connectivity index is 0.000000980. The molecule has 0 unspecified atom stereocenters. The second-order valence-electron chi connectivity index (χ2n) is 2.42. The van der Waals surface area contributed by atoms with Gasteiger partial charge in [0.1, 0.15) is 0 Å². The Morgan fingerprint density at radius 2 is 1.93 bits per heavy atom. The number of thiazole rings is 1. The van der Waals surface area contributed by atoms with Gasteiger partial charge in [-0.3, -0.25) is 4.55 Å². The zero-order valence-electron chi connectivity index (χ0n) is 7.34. The zero-order valence-corrected chi connectivity index (χ0v) is 11.0. The van der Waals surface area contributed by atoms with Gasteiger partial charge in [0, 0.05) is 29.6 Å². The standard InChI is InChI=1S/C7H5NO3S2.Na/c9-13(10,11)7-8-5-3-1-2-4-6(5)12-7;/h1-4H,(H,9,10,11);. The van der Waals surface area contributed by atoms with Crippen molar-refractivity contribution in [1.82, 2.24) is 4.98 Å². The first kappa shape index (κ1) is 12.1. The van der Waals surface area contributed by atoms with E-state index >= 15 is 0 Å². The average molecular weight is 238 g/mol. The first-order valence-electron chi connectivity index (χ1n) is 3.40. The van der Waals surface area contributed by atoms with Gasteiger partial charge in [-0.15, -0.1) is 11.3 Å². The van der Waals surface area contributed by atoms with E-state index in [9.17, 15) is 8.42 Å². The van der Waals surface area contributed by atoms with Crippen molar-refractivity contribution in [3.63, 3.8) is 0 Å². The maximum Gasteiger partial charge on any atom is 0.322 e. The van der Waals surface area contributed by atoms with Crippen LogP contribution in [0.4, 0.5) is 0 Å². The molecule has 0 aliphatic rings. The molecule has 7 heteroatoms. The van der Waals surface area contributed by atoms with E-state index in [0.29, 0.717) is 5.52 Å². The van der Waals surface area contributed by atoms with Crippen LogP contribution in [0, 0.1) is 0 Å². The molecule has 0 aliphatic heterocycles. The van der Waals surface area contributed by atoms with Crippen molar-refractivity contribution in [3.05, 3.63) is 24.3 Å². The van der Waals surface area contributed by atoms with Crippen molar-refractivity contribution in [3.8, 4) is 0 Å².